The van der Waals surface area contributed by atoms with Crippen molar-refractivity contribution in [2.75, 3.05) is 0 Å². The van der Waals surface area contributed by atoms with Gasteiger partial charge in [0.15, 0.2) is 6.29 Å². The van der Waals surface area contributed by atoms with Crippen LogP contribution in [0.3, 0.4) is 0 Å². The third kappa shape index (κ3) is 3.57. The van der Waals surface area contributed by atoms with Crippen molar-refractivity contribution in [2.24, 2.45) is 0 Å². The van der Waals surface area contributed by atoms with Gasteiger partial charge in [0, 0.05) is 12.4 Å². The number of carbonyl (C=O) groups excluding carboxylic acids is 2. The number of aldehydes is 1. The minimum absolute atomic E-state index is 0.134. The van der Waals surface area contributed by atoms with Crippen LogP contribution in [0.2, 0.25) is 0 Å². The van der Waals surface area contributed by atoms with E-state index >= 15 is 0 Å². The van der Waals surface area contributed by atoms with Crippen LogP contribution in [0.25, 0.3) is 6.08 Å². The molecule has 0 aliphatic heterocycles. The van der Waals surface area contributed by atoms with Crippen molar-refractivity contribution >= 4 is 18.3 Å². The molecule has 0 atom stereocenters. The second kappa shape index (κ2) is 6.20. The summed E-state index contributed by atoms with van der Waals surface area (Å²) < 4.78 is 0. The van der Waals surface area contributed by atoms with E-state index in [1.54, 1.807) is 42.6 Å². The van der Waals surface area contributed by atoms with Gasteiger partial charge in [0.1, 0.15) is 5.69 Å². The normalized spacial score (nSPS) is 10.8. The Morgan fingerprint density at radius 3 is 2.37 bits per heavy atom. The maximum Gasteiger partial charge on any atom is 0.274 e. The molecular weight excluding hydrogens is 242 g/mol. The molecule has 5 nitrogen and oxygen atoms in total. The van der Waals surface area contributed by atoms with Gasteiger partial charge in [-0.1, -0.05) is 12.1 Å². The Kier molecular flexibility index (Phi) is 4.12. The Morgan fingerprint density at radius 2 is 1.79 bits per heavy atom. The van der Waals surface area contributed by atoms with Crippen molar-refractivity contribution in [3.05, 3.63) is 65.9 Å². The zero-order valence-electron chi connectivity index (χ0n) is 9.98. The number of nitrogens with zero attached hydrogens (tertiary/aromatic N) is 2. The van der Waals surface area contributed by atoms with Gasteiger partial charge < -0.3 is 5.32 Å². The molecule has 0 unspecified atom stereocenters. The lowest BCUT2D eigenvalue weighted by Gasteiger charge is -2.03. The first kappa shape index (κ1) is 12.6. The molecule has 1 amide bonds. The molecule has 2 heterocycles. The topological polar surface area (TPSA) is 72.0 Å². The number of allylic oxidation sites excluding steroid dienone is 1. The summed E-state index contributed by atoms with van der Waals surface area (Å²) in [6.07, 6.45) is 5.18. The second-order valence-corrected chi connectivity index (χ2v) is 3.64. The van der Waals surface area contributed by atoms with Gasteiger partial charge >= 0.3 is 0 Å². The van der Waals surface area contributed by atoms with Crippen LogP contribution in [0.4, 0.5) is 0 Å². The van der Waals surface area contributed by atoms with E-state index < -0.39 is 5.91 Å². The molecule has 0 bridgehead atoms. The van der Waals surface area contributed by atoms with Crippen LogP contribution < -0.4 is 5.32 Å². The standard InChI is InChI=1S/C14H11N3O2/c18-10-12(9-11-5-1-3-7-15-11)17-14(19)13-6-2-4-8-16-13/h1-10H,(H,17,19)/b12-9+. The lowest BCUT2D eigenvalue weighted by Crippen LogP contribution is -2.24. The Balaban J connectivity index is 2.14. The van der Waals surface area contributed by atoms with E-state index in [1.807, 2.05) is 0 Å². The zero-order chi connectivity index (χ0) is 13.5. The van der Waals surface area contributed by atoms with E-state index in [2.05, 4.69) is 15.3 Å². The molecule has 1 N–H and O–H groups in total. The predicted octanol–water partition coefficient (Wildman–Crippen LogP) is 1.45. The summed E-state index contributed by atoms with van der Waals surface area (Å²) in [6, 6.07) is 10.3. The molecule has 5 heteroatoms. The smallest absolute Gasteiger partial charge is 0.274 e. The zero-order valence-corrected chi connectivity index (χ0v) is 9.98. The molecule has 0 saturated heterocycles. The van der Waals surface area contributed by atoms with Gasteiger partial charge in [-0.3, -0.25) is 19.6 Å². The van der Waals surface area contributed by atoms with E-state index in [9.17, 15) is 9.59 Å². The van der Waals surface area contributed by atoms with E-state index in [0.717, 1.165) is 0 Å². The van der Waals surface area contributed by atoms with Gasteiger partial charge in [-0.15, -0.1) is 0 Å². The number of aromatic nitrogens is 2. The van der Waals surface area contributed by atoms with E-state index in [4.69, 9.17) is 0 Å². The van der Waals surface area contributed by atoms with Gasteiger partial charge in [0.2, 0.25) is 0 Å². The lowest BCUT2D eigenvalue weighted by molar-refractivity contribution is -0.105. The molecule has 0 aromatic carbocycles. The highest BCUT2D eigenvalue weighted by Gasteiger charge is 2.08. The molecule has 19 heavy (non-hydrogen) atoms. The number of hydrogen-bond donors (Lipinski definition) is 1. The van der Waals surface area contributed by atoms with E-state index in [-0.39, 0.29) is 11.4 Å². The van der Waals surface area contributed by atoms with Crippen molar-refractivity contribution in [2.45, 2.75) is 0 Å². The number of pyridine rings is 2. The van der Waals surface area contributed by atoms with Crippen molar-refractivity contribution in [1.82, 2.24) is 15.3 Å². The van der Waals surface area contributed by atoms with Gasteiger partial charge in [-0.25, -0.2) is 0 Å². The summed E-state index contributed by atoms with van der Waals surface area (Å²) in [5.41, 5.74) is 0.969. The maximum absolute atomic E-state index is 11.8. The fraction of sp³-hybridized carbons (Fsp3) is 0. The fourth-order valence-corrected chi connectivity index (χ4v) is 1.41. The third-order valence-corrected chi connectivity index (χ3v) is 2.27. The van der Waals surface area contributed by atoms with Crippen LogP contribution in [0.1, 0.15) is 16.2 Å². The highest BCUT2D eigenvalue weighted by molar-refractivity contribution is 5.98. The molecule has 0 aliphatic rings. The van der Waals surface area contributed by atoms with Crippen molar-refractivity contribution < 1.29 is 9.59 Å². The average molecular weight is 253 g/mol. The number of nitrogens with one attached hydrogen (secondary N) is 1. The van der Waals surface area contributed by atoms with Gasteiger partial charge in [0.05, 0.1) is 11.4 Å². The first-order valence-corrected chi connectivity index (χ1v) is 5.60. The summed E-state index contributed by atoms with van der Waals surface area (Å²) in [5.74, 6) is -0.435. The lowest BCUT2D eigenvalue weighted by atomic mass is 10.3. The van der Waals surface area contributed by atoms with Crippen LogP contribution in [0, 0.1) is 0 Å². The summed E-state index contributed by atoms with van der Waals surface area (Å²) in [6.45, 7) is 0. The monoisotopic (exact) mass is 253 g/mol. The van der Waals surface area contributed by atoms with Crippen LogP contribution >= 0.6 is 0 Å². The molecule has 2 aromatic heterocycles. The first-order chi connectivity index (χ1) is 9.29. The van der Waals surface area contributed by atoms with Crippen molar-refractivity contribution in [3.8, 4) is 0 Å². The minimum atomic E-state index is -0.435. The highest BCUT2D eigenvalue weighted by Crippen LogP contribution is 2.01. The molecule has 0 spiro atoms. The third-order valence-electron chi connectivity index (χ3n) is 2.27. The average Bonchev–Trinajstić information content (AvgIpc) is 2.48. The summed E-state index contributed by atoms with van der Waals surface area (Å²) >= 11 is 0. The van der Waals surface area contributed by atoms with Gasteiger partial charge in [0.25, 0.3) is 5.91 Å². The molecule has 0 aliphatic carbocycles. The van der Waals surface area contributed by atoms with E-state index in [0.29, 0.717) is 12.0 Å². The van der Waals surface area contributed by atoms with Crippen LogP contribution in [0.5, 0.6) is 0 Å². The fourth-order valence-electron chi connectivity index (χ4n) is 1.41. The molecule has 0 fully saturated rings. The largest absolute Gasteiger partial charge is 0.318 e. The Bertz CT molecular complexity index is 595. The van der Waals surface area contributed by atoms with E-state index in [1.165, 1.54) is 12.3 Å². The first-order valence-electron chi connectivity index (χ1n) is 5.60. The summed E-state index contributed by atoms with van der Waals surface area (Å²) in [4.78, 5) is 30.7. The number of rotatable bonds is 4. The maximum atomic E-state index is 11.8. The predicted molar refractivity (Wildman–Crippen MR) is 70.0 cm³/mol. The summed E-state index contributed by atoms with van der Waals surface area (Å²) in [5, 5.41) is 2.48. The van der Waals surface area contributed by atoms with Crippen LogP contribution in [-0.4, -0.2) is 22.2 Å². The quantitative estimate of drug-likeness (QED) is 0.661. The number of amides is 1. The van der Waals surface area contributed by atoms with Gasteiger partial charge in [-0.2, -0.15) is 0 Å². The number of carbonyl (C=O) groups is 2. The van der Waals surface area contributed by atoms with Gasteiger partial charge in [-0.05, 0) is 30.3 Å². The summed E-state index contributed by atoms with van der Waals surface area (Å²) in [7, 11) is 0. The van der Waals surface area contributed by atoms with Crippen LogP contribution in [-0.2, 0) is 4.79 Å². The highest BCUT2D eigenvalue weighted by atomic mass is 16.2. The Hall–Kier alpha value is -2.82. The molecule has 2 aromatic rings. The van der Waals surface area contributed by atoms with Crippen LogP contribution in [0.15, 0.2) is 54.5 Å². The second-order valence-electron chi connectivity index (χ2n) is 3.64. The molecule has 0 saturated carbocycles. The molecular formula is C14H11N3O2. The molecule has 2 rings (SSSR count). The number of hydrogen-bond acceptors (Lipinski definition) is 4. The molecule has 0 radical (unpaired) electrons. The van der Waals surface area contributed by atoms with Crippen molar-refractivity contribution in [3.63, 3.8) is 0 Å². The molecule has 94 valence electrons. The Morgan fingerprint density at radius 1 is 1.05 bits per heavy atom. The minimum Gasteiger partial charge on any atom is -0.318 e. The Labute approximate surface area is 110 Å². The SMILES string of the molecule is O=C/C(=C\c1ccccn1)NC(=O)c1ccccn1. The van der Waals surface area contributed by atoms with Crippen molar-refractivity contribution in [1.29, 1.82) is 0 Å².